The van der Waals surface area contributed by atoms with Gasteiger partial charge in [-0.2, -0.15) is 0 Å². The van der Waals surface area contributed by atoms with E-state index >= 15 is 0 Å². The van der Waals surface area contributed by atoms with Crippen molar-refractivity contribution in [3.05, 3.63) is 141 Å². The van der Waals surface area contributed by atoms with Crippen molar-refractivity contribution in [2.24, 2.45) is 0 Å². The number of amides is 3. The molecule has 5 rings (SSSR count). The van der Waals surface area contributed by atoms with Crippen LogP contribution < -0.4 is 15.4 Å². The molecule has 0 spiro atoms. The Morgan fingerprint density at radius 1 is 0.756 bits per heavy atom. The Morgan fingerprint density at radius 3 is 2.15 bits per heavy atom. The van der Waals surface area contributed by atoms with Gasteiger partial charge in [0.2, 0.25) is 0 Å². The van der Waals surface area contributed by atoms with Gasteiger partial charge in [0.25, 0.3) is 17.7 Å². The molecule has 0 atom stereocenters. The molecule has 0 unspecified atom stereocenters. The first kappa shape index (κ1) is 28.0. The minimum Gasteiger partial charge on any atom is -0.489 e. The molecule has 0 aromatic heterocycles. The normalized spacial score (nSPS) is 13.0. The SMILES string of the molecule is O=C(Nc1ccc(OCc2ccccc2)cc1)c1ccc(CNC2=C(Cl)C(=O)N(Cc3ccccc3Cl)C2=O)cc1. The second-order valence-corrected chi connectivity index (χ2v) is 10.1. The van der Waals surface area contributed by atoms with Gasteiger partial charge in [-0.05, 0) is 59.2 Å². The van der Waals surface area contributed by atoms with Crippen molar-refractivity contribution in [2.75, 3.05) is 5.32 Å². The number of nitrogens with one attached hydrogen (secondary N) is 2. The van der Waals surface area contributed by atoms with Crippen LogP contribution in [0, 0.1) is 0 Å². The summed E-state index contributed by atoms with van der Waals surface area (Å²) < 4.78 is 5.79. The van der Waals surface area contributed by atoms with Crippen molar-refractivity contribution in [1.29, 1.82) is 0 Å². The number of rotatable bonds is 10. The summed E-state index contributed by atoms with van der Waals surface area (Å²) in [6, 6.07) is 30.9. The van der Waals surface area contributed by atoms with Crippen LogP contribution in [0.1, 0.15) is 27.0 Å². The molecule has 4 aromatic rings. The molecule has 9 heteroatoms. The molecule has 206 valence electrons. The monoisotopic (exact) mass is 585 g/mol. The highest BCUT2D eigenvalue weighted by molar-refractivity contribution is 6.47. The van der Waals surface area contributed by atoms with Crippen LogP contribution in [0.5, 0.6) is 5.75 Å². The predicted molar refractivity (Wildman–Crippen MR) is 158 cm³/mol. The number of anilines is 1. The van der Waals surface area contributed by atoms with Crippen LogP contribution in [0.3, 0.4) is 0 Å². The third-order valence-electron chi connectivity index (χ3n) is 6.44. The van der Waals surface area contributed by atoms with E-state index in [1.807, 2.05) is 30.3 Å². The van der Waals surface area contributed by atoms with Crippen LogP contribution in [0.4, 0.5) is 5.69 Å². The van der Waals surface area contributed by atoms with E-state index in [9.17, 15) is 14.4 Å². The number of imide groups is 1. The Hall–Kier alpha value is -4.59. The molecule has 4 aromatic carbocycles. The zero-order chi connectivity index (χ0) is 28.8. The maximum absolute atomic E-state index is 12.9. The lowest BCUT2D eigenvalue weighted by Crippen LogP contribution is -2.33. The Bertz CT molecular complexity index is 1600. The molecule has 41 heavy (non-hydrogen) atoms. The summed E-state index contributed by atoms with van der Waals surface area (Å²) in [5.74, 6) is -0.664. The molecule has 0 saturated carbocycles. The lowest BCUT2D eigenvalue weighted by atomic mass is 10.1. The number of carbonyl (C=O) groups excluding carboxylic acids is 3. The third kappa shape index (κ3) is 6.77. The summed E-state index contributed by atoms with van der Waals surface area (Å²) in [5, 5.41) is 6.12. The molecule has 3 amide bonds. The molecule has 1 heterocycles. The van der Waals surface area contributed by atoms with Crippen molar-refractivity contribution < 1.29 is 19.1 Å². The highest BCUT2D eigenvalue weighted by Crippen LogP contribution is 2.26. The van der Waals surface area contributed by atoms with Crippen LogP contribution >= 0.6 is 23.2 Å². The first-order chi connectivity index (χ1) is 19.9. The molecule has 7 nitrogen and oxygen atoms in total. The van der Waals surface area contributed by atoms with Crippen LogP contribution in [0.15, 0.2) is 114 Å². The quantitative estimate of drug-likeness (QED) is 0.214. The van der Waals surface area contributed by atoms with Crippen LogP contribution in [-0.4, -0.2) is 22.6 Å². The fourth-order valence-electron chi connectivity index (χ4n) is 4.18. The summed E-state index contributed by atoms with van der Waals surface area (Å²) in [4.78, 5) is 39.3. The Kier molecular flexibility index (Phi) is 8.67. The smallest absolute Gasteiger partial charge is 0.278 e. The highest BCUT2D eigenvalue weighted by atomic mass is 35.5. The summed E-state index contributed by atoms with van der Waals surface area (Å²) in [5.41, 5.74) is 3.64. The molecule has 2 N–H and O–H groups in total. The van der Waals surface area contributed by atoms with Gasteiger partial charge in [0, 0.05) is 22.8 Å². The second-order valence-electron chi connectivity index (χ2n) is 9.28. The molecule has 0 fully saturated rings. The summed E-state index contributed by atoms with van der Waals surface area (Å²) >= 11 is 12.4. The Morgan fingerprint density at radius 2 is 1.44 bits per heavy atom. The van der Waals surface area contributed by atoms with Gasteiger partial charge in [0.05, 0.1) is 6.54 Å². The summed E-state index contributed by atoms with van der Waals surface area (Å²) in [6.45, 7) is 0.714. The van der Waals surface area contributed by atoms with Crippen LogP contribution in [0.2, 0.25) is 5.02 Å². The standard InChI is InChI=1S/C32H25Cl2N3O4/c33-27-9-5-4-8-24(27)19-37-31(39)28(34)29(32(37)40)35-18-21-10-12-23(13-11-21)30(38)36-25-14-16-26(17-15-25)41-20-22-6-2-1-3-7-22/h1-17,35H,18-20H2,(H,36,38). The minimum atomic E-state index is -0.582. The Balaban J connectivity index is 1.13. The van der Waals surface area contributed by atoms with E-state index in [0.717, 1.165) is 16.0 Å². The zero-order valence-electron chi connectivity index (χ0n) is 21.8. The van der Waals surface area contributed by atoms with E-state index in [1.54, 1.807) is 72.8 Å². The van der Waals surface area contributed by atoms with E-state index in [2.05, 4.69) is 10.6 Å². The molecule has 1 aliphatic heterocycles. The zero-order valence-corrected chi connectivity index (χ0v) is 23.3. The number of hydrogen-bond acceptors (Lipinski definition) is 5. The van der Waals surface area contributed by atoms with E-state index < -0.39 is 11.8 Å². The number of halogens is 2. The number of hydrogen-bond donors (Lipinski definition) is 2. The Labute approximate surface area is 247 Å². The van der Waals surface area contributed by atoms with Crippen molar-refractivity contribution in [3.8, 4) is 5.75 Å². The average molecular weight is 586 g/mol. The minimum absolute atomic E-state index is 0.0198. The number of ether oxygens (including phenoxy) is 1. The maximum atomic E-state index is 12.9. The first-order valence-corrected chi connectivity index (χ1v) is 13.5. The molecular formula is C32H25Cl2N3O4. The molecule has 0 saturated heterocycles. The van der Waals surface area contributed by atoms with Gasteiger partial charge in [0.1, 0.15) is 23.1 Å². The van der Waals surface area contributed by atoms with Crippen molar-refractivity contribution >= 4 is 46.6 Å². The molecule has 1 aliphatic rings. The number of nitrogens with zero attached hydrogens (tertiary/aromatic N) is 1. The van der Waals surface area contributed by atoms with Gasteiger partial charge in [-0.25, -0.2) is 0 Å². The maximum Gasteiger partial charge on any atom is 0.278 e. The van der Waals surface area contributed by atoms with Gasteiger partial charge < -0.3 is 15.4 Å². The van der Waals surface area contributed by atoms with Crippen molar-refractivity contribution in [3.63, 3.8) is 0 Å². The number of benzene rings is 4. The van der Waals surface area contributed by atoms with E-state index in [1.165, 1.54) is 0 Å². The molecular weight excluding hydrogens is 561 g/mol. The fourth-order valence-corrected chi connectivity index (χ4v) is 4.63. The van der Waals surface area contributed by atoms with Crippen molar-refractivity contribution in [2.45, 2.75) is 19.7 Å². The van der Waals surface area contributed by atoms with Gasteiger partial charge in [0.15, 0.2) is 0 Å². The van der Waals surface area contributed by atoms with Gasteiger partial charge in [-0.15, -0.1) is 0 Å². The summed E-state index contributed by atoms with van der Waals surface area (Å²) in [7, 11) is 0. The van der Waals surface area contributed by atoms with Crippen LogP contribution in [-0.2, 0) is 29.3 Å². The van der Waals surface area contributed by atoms with E-state index in [-0.39, 0.29) is 29.7 Å². The lowest BCUT2D eigenvalue weighted by molar-refractivity contribution is -0.138. The highest BCUT2D eigenvalue weighted by Gasteiger charge is 2.37. The molecule has 0 bridgehead atoms. The van der Waals surface area contributed by atoms with Gasteiger partial charge in [-0.3, -0.25) is 19.3 Å². The number of carbonyl (C=O) groups is 3. The van der Waals surface area contributed by atoms with E-state index in [0.29, 0.717) is 34.2 Å². The lowest BCUT2D eigenvalue weighted by Gasteiger charge is -2.16. The largest absolute Gasteiger partial charge is 0.489 e. The molecule has 0 aliphatic carbocycles. The third-order valence-corrected chi connectivity index (χ3v) is 7.16. The predicted octanol–water partition coefficient (Wildman–Crippen LogP) is 6.28. The van der Waals surface area contributed by atoms with E-state index in [4.69, 9.17) is 27.9 Å². The topological polar surface area (TPSA) is 87.7 Å². The summed E-state index contributed by atoms with van der Waals surface area (Å²) in [6.07, 6.45) is 0. The van der Waals surface area contributed by atoms with Gasteiger partial charge in [-0.1, -0.05) is 83.9 Å². The first-order valence-electron chi connectivity index (χ1n) is 12.8. The van der Waals surface area contributed by atoms with Gasteiger partial charge >= 0.3 is 0 Å². The van der Waals surface area contributed by atoms with Crippen molar-refractivity contribution in [1.82, 2.24) is 10.2 Å². The fraction of sp³-hybridized carbons (Fsp3) is 0.0938. The molecule has 0 radical (unpaired) electrons. The van der Waals surface area contributed by atoms with Crippen LogP contribution in [0.25, 0.3) is 0 Å². The average Bonchev–Trinajstić information content (AvgIpc) is 3.20. The second kappa shape index (κ2) is 12.7.